The van der Waals surface area contributed by atoms with Crippen LogP contribution in [0.3, 0.4) is 0 Å². The Morgan fingerprint density at radius 2 is 1.79 bits per heavy atom. The number of nitrogens with zero attached hydrogens (tertiary/aromatic N) is 4. The Balaban J connectivity index is 1.49. The van der Waals surface area contributed by atoms with Crippen LogP contribution in [0.25, 0.3) is 0 Å². The van der Waals surface area contributed by atoms with E-state index in [1.165, 1.54) is 19.3 Å². The molecular weight excluding hydrogens is 240 g/mol. The molecule has 3 rings (SSSR count). The van der Waals surface area contributed by atoms with E-state index in [9.17, 15) is 4.79 Å². The van der Waals surface area contributed by atoms with Crippen molar-refractivity contribution in [1.29, 1.82) is 0 Å². The zero-order valence-corrected chi connectivity index (χ0v) is 11.6. The van der Waals surface area contributed by atoms with E-state index in [2.05, 4.69) is 16.6 Å². The summed E-state index contributed by atoms with van der Waals surface area (Å²) in [6, 6.07) is 1.27. The molecule has 3 aliphatic rings. The van der Waals surface area contributed by atoms with Gasteiger partial charge >= 0.3 is 6.03 Å². The molecule has 2 saturated heterocycles. The first-order valence-electron chi connectivity index (χ1n) is 7.51. The smallest absolute Gasteiger partial charge is 0.320 e. The highest BCUT2D eigenvalue weighted by molar-refractivity contribution is 5.75. The van der Waals surface area contributed by atoms with Crippen LogP contribution in [0.5, 0.6) is 0 Å². The molecule has 0 radical (unpaired) electrons. The Labute approximate surface area is 115 Å². The average Bonchev–Trinajstić information content (AvgIpc) is 2.51. The van der Waals surface area contributed by atoms with Gasteiger partial charge in [0.2, 0.25) is 0 Å². The van der Waals surface area contributed by atoms with E-state index in [-0.39, 0.29) is 12.1 Å². The summed E-state index contributed by atoms with van der Waals surface area (Å²) in [6.45, 7) is 9.05. The predicted octanol–water partition coefficient (Wildman–Crippen LogP) is 1.05. The standard InChI is InChI=1S/C14H24N4O/c1-15-12-10-18(11-12)14(19)17-7-3-6-16(8-9-17)13-4-2-5-13/h12-13H,1-11H2. The van der Waals surface area contributed by atoms with Crippen LogP contribution >= 0.6 is 0 Å². The Morgan fingerprint density at radius 1 is 1.00 bits per heavy atom. The fourth-order valence-corrected chi connectivity index (χ4v) is 3.17. The minimum Gasteiger partial charge on any atom is -0.323 e. The Kier molecular flexibility index (Phi) is 3.73. The molecule has 2 aliphatic heterocycles. The first-order valence-corrected chi connectivity index (χ1v) is 7.51. The van der Waals surface area contributed by atoms with Crippen molar-refractivity contribution in [1.82, 2.24) is 14.7 Å². The number of aliphatic imine (C=N–C) groups is 1. The van der Waals surface area contributed by atoms with E-state index >= 15 is 0 Å². The van der Waals surface area contributed by atoms with E-state index in [0.29, 0.717) is 0 Å². The molecular formula is C14H24N4O. The van der Waals surface area contributed by atoms with Crippen molar-refractivity contribution >= 4 is 12.7 Å². The lowest BCUT2D eigenvalue weighted by atomic mass is 9.91. The van der Waals surface area contributed by atoms with E-state index in [0.717, 1.165) is 51.7 Å². The maximum atomic E-state index is 12.3. The summed E-state index contributed by atoms with van der Waals surface area (Å²) in [4.78, 5) is 22.8. The zero-order valence-electron chi connectivity index (χ0n) is 11.6. The van der Waals surface area contributed by atoms with Crippen molar-refractivity contribution in [3.8, 4) is 0 Å². The van der Waals surface area contributed by atoms with E-state index in [1.54, 1.807) is 0 Å². The van der Waals surface area contributed by atoms with Gasteiger partial charge in [0.1, 0.15) is 0 Å². The van der Waals surface area contributed by atoms with Crippen molar-refractivity contribution in [3.05, 3.63) is 0 Å². The molecule has 5 nitrogen and oxygen atoms in total. The molecule has 0 spiro atoms. The van der Waals surface area contributed by atoms with Gasteiger partial charge in [0.05, 0.1) is 6.04 Å². The number of urea groups is 1. The molecule has 0 aromatic rings. The Bertz CT molecular complexity index is 349. The van der Waals surface area contributed by atoms with Gasteiger partial charge in [-0.15, -0.1) is 0 Å². The lowest BCUT2D eigenvalue weighted by Gasteiger charge is -2.40. The second-order valence-electron chi connectivity index (χ2n) is 5.99. The van der Waals surface area contributed by atoms with Crippen LogP contribution in [-0.4, -0.2) is 78.8 Å². The summed E-state index contributed by atoms with van der Waals surface area (Å²) in [5.74, 6) is 0. The molecule has 3 fully saturated rings. The van der Waals surface area contributed by atoms with Gasteiger partial charge in [-0.1, -0.05) is 6.42 Å². The fraction of sp³-hybridized carbons (Fsp3) is 0.857. The largest absolute Gasteiger partial charge is 0.323 e. The molecule has 0 N–H and O–H groups in total. The van der Waals surface area contributed by atoms with Crippen molar-refractivity contribution in [2.75, 3.05) is 39.3 Å². The van der Waals surface area contributed by atoms with Crippen LogP contribution in [0.1, 0.15) is 25.7 Å². The van der Waals surface area contributed by atoms with Gasteiger partial charge in [0.25, 0.3) is 0 Å². The van der Waals surface area contributed by atoms with Gasteiger partial charge in [0.15, 0.2) is 0 Å². The van der Waals surface area contributed by atoms with Crippen LogP contribution in [0.15, 0.2) is 4.99 Å². The van der Waals surface area contributed by atoms with Crippen molar-refractivity contribution in [2.45, 2.75) is 37.8 Å². The average molecular weight is 264 g/mol. The molecule has 0 aromatic carbocycles. The summed E-state index contributed by atoms with van der Waals surface area (Å²) >= 11 is 0. The maximum absolute atomic E-state index is 12.3. The van der Waals surface area contributed by atoms with Crippen LogP contribution in [0.2, 0.25) is 0 Å². The predicted molar refractivity (Wildman–Crippen MR) is 75.7 cm³/mol. The summed E-state index contributed by atoms with van der Waals surface area (Å²) in [5.41, 5.74) is 0. The van der Waals surface area contributed by atoms with E-state index < -0.39 is 0 Å². The van der Waals surface area contributed by atoms with Crippen molar-refractivity contribution < 1.29 is 4.79 Å². The van der Waals surface area contributed by atoms with Gasteiger partial charge < -0.3 is 9.80 Å². The molecule has 5 heteroatoms. The van der Waals surface area contributed by atoms with Gasteiger partial charge in [-0.25, -0.2) is 4.79 Å². The molecule has 1 aliphatic carbocycles. The fourth-order valence-electron chi connectivity index (χ4n) is 3.17. The number of carbonyl (C=O) groups is 1. The van der Waals surface area contributed by atoms with Gasteiger partial charge in [0, 0.05) is 45.3 Å². The minimum absolute atomic E-state index is 0.204. The quantitative estimate of drug-likeness (QED) is 0.699. The molecule has 2 amide bonds. The SMILES string of the molecule is C=NC1CN(C(=O)N2CCCN(C3CCC3)CC2)C1. The molecule has 106 valence electrons. The van der Waals surface area contributed by atoms with Crippen molar-refractivity contribution in [2.24, 2.45) is 4.99 Å². The van der Waals surface area contributed by atoms with Gasteiger partial charge in [-0.3, -0.25) is 9.89 Å². The van der Waals surface area contributed by atoms with Gasteiger partial charge in [-0.05, 0) is 26.0 Å². The molecule has 2 heterocycles. The Morgan fingerprint density at radius 3 is 2.42 bits per heavy atom. The minimum atomic E-state index is 0.204. The summed E-state index contributed by atoms with van der Waals surface area (Å²) in [7, 11) is 0. The van der Waals surface area contributed by atoms with Crippen LogP contribution < -0.4 is 0 Å². The first-order chi connectivity index (χ1) is 9.28. The van der Waals surface area contributed by atoms with E-state index in [4.69, 9.17) is 0 Å². The second kappa shape index (κ2) is 5.49. The second-order valence-corrected chi connectivity index (χ2v) is 5.99. The first kappa shape index (κ1) is 12.9. The number of rotatable bonds is 2. The van der Waals surface area contributed by atoms with Gasteiger partial charge in [-0.2, -0.15) is 0 Å². The molecule has 0 aromatic heterocycles. The van der Waals surface area contributed by atoms with Crippen LogP contribution in [-0.2, 0) is 0 Å². The lowest BCUT2D eigenvalue weighted by Crippen LogP contribution is -2.57. The number of amides is 2. The monoisotopic (exact) mass is 264 g/mol. The Hall–Kier alpha value is -1.10. The number of hydrogen-bond donors (Lipinski definition) is 0. The highest BCUT2D eigenvalue weighted by Gasteiger charge is 2.34. The van der Waals surface area contributed by atoms with Crippen molar-refractivity contribution in [3.63, 3.8) is 0 Å². The maximum Gasteiger partial charge on any atom is 0.320 e. The number of likely N-dealkylation sites (tertiary alicyclic amines) is 1. The highest BCUT2D eigenvalue weighted by atomic mass is 16.2. The van der Waals surface area contributed by atoms with Crippen LogP contribution in [0.4, 0.5) is 4.79 Å². The lowest BCUT2D eigenvalue weighted by molar-refractivity contribution is 0.110. The number of hydrogen-bond acceptors (Lipinski definition) is 3. The third-order valence-corrected chi connectivity index (χ3v) is 4.78. The third kappa shape index (κ3) is 2.61. The topological polar surface area (TPSA) is 39.2 Å². The molecule has 19 heavy (non-hydrogen) atoms. The molecule has 0 atom stereocenters. The molecule has 0 bridgehead atoms. The van der Waals surface area contributed by atoms with Crippen LogP contribution in [0, 0.1) is 0 Å². The zero-order chi connectivity index (χ0) is 13.2. The summed E-state index contributed by atoms with van der Waals surface area (Å²) < 4.78 is 0. The molecule has 0 unspecified atom stereocenters. The summed E-state index contributed by atoms with van der Waals surface area (Å²) in [6.07, 6.45) is 5.20. The number of carbonyl (C=O) groups excluding carboxylic acids is 1. The summed E-state index contributed by atoms with van der Waals surface area (Å²) in [5, 5.41) is 0. The van der Waals surface area contributed by atoms with E-state index in [1.807, 2.05) is 9.80 Å². The highest BCUT2D eigenvalue weighted by Crippen LogP contribution is 2.25. The molecule has 1 saturated carbocycles. The normalized spacial score (nSPS) is 26.5. The third-order valence-electron chi connectivity index (χ3n) is 4.78.